The molecule has 0 bridgehead atoms. The standard InChI is InChI=1S/C30H32Cl2N2O4.C18H18Cl2N2O3.C3H4Cl2O2.2CH4/c31-24-11-9-23(10-12-24)28-20-33(19-22-6-2-1-3-7-22)21-29(35)34(28)27-14-13-25(18-26(27)32)36-16-17-38-30-8-4-5-15-37-30;19-13-3-1-12(2-4-13)17-10-21-11-18(24)22(17)16-6-5-14(9-15(16)20)25-8-7-23;1-2(4)7-3(5)6;;/h1-3,6-7,9-14,18,28,30H,4-5,8,15-17,19-21H2;1-6,9,17,21,23H,7-8,10-11H2;2H,1H3;2*1H4/t28-,30?;17-;;;/m00.../s1. The van der Waals surface area contributed by atoms with Gasteiger partial charge in [-0.15, -0.1) is 0 Å². The number of amides is 2. The van der Waals surface area contributed by atoms with Crippen molar-refractivity contribution in [3.8, 4) is 11.5 Å². The smallest absolute Gasteiger partial charge is 0.405 e. The van der Waals surface area contributed by atoms with E-state index in [1.165, 1.54) is 12.5 Å². The van der Waals surface area contributed by atoms with E-state index in [9.17, 15) is 14.4 Å². The summed E-state index contributed by atoms with van der Waals surface area (Å²) in [6.45, 7) is 5.72. The number of halogens is 6. The average molecular weight is 1110 g/mol. The Kier molecular flexibility index (Phi) is 25.7. The van der Waals surface area contributed by atoms with Crippen LogP contribution in [0, 0.1) is 0 Å². The molecule has 2 unspecified atom stereocenters. The van der Waals surface area contributed by atoms with Crippen molar-refractivity contribution in [3.63, 3.8) is 0 Å². The zero-order valence-corrected chi connectivity index (χ0v) is 42.8. The summed E-state index contributed by atoms with van der Waals surface area (Å²) in [4.78, 5) is 41.6. The summed E-state index contributed by atoms with van der Waals surface area (Å²) in [7, 11) is 0. The van der Waals surface area contributed by atoms with E-state index in [0.717, 1.165) is 37.0 Å². The molecule has 2 N–H and O–H groups in total. The summed E-state index contributed by atoms with van der Waals surface area (Å²) in [5.41, 5.74) is 2.93. The first-order valence-electron chi connectivity index (χ1n) is 22.6. The van der Waals surface area contributed by atoms with E-state index < -0.39 is 11.0 Å². The highest BCUT2D eigenvalue weighted by molar-refractivity contribution is 6.61. The van der Waals surface area contributed by atoms with Crippen molar-refractivity contribution < 1.29 is 43.2 Å². The summed E-state index contributed by atoms with van der Waals surface area (Å²) in [6.07, 6.45) is 2.99. The van der Waals surface area contributed by atoms with Crippen LogP contribution in [0.15, 0.2) is 115 Å². The predicted octanol–water partition coefficient (Wildman–Crippen LogP) is 12.8. The van der Waals surface area contributed by atoms with Gasteiger partial charge in [-0.2, -0.15) is 0 Å². The molecule has 390 valence electrons. The van der Waals surface area contributed by atoms with E-state index in [1.807, 2.05) is 78.9 Å². The van der Waals surface area contributed by atoms with Crippen molar-refractivity contribution in [2.24, 2.45) is 0 Å². The molecule has 3 fully saturated rings. The van der Waals surface area contributed by atoms with Crippen LogP contribution >= 0.6 is 69.6 Å². The number of aliphatic hydroxyl groups is 1. The maximum absolute atomic E-state index is 13.6. The Morgan fingerprint density at radius 1 is 0.750 bits per heavy atom. The molecule has 3 heterocycles. The molecular weight excluding hydrogens is 1050 g/mol. The molecule has 0 saturated carbocycles. The quantitative estimate of drug-likeness (QED) is 0.0588. The van der Waals surface area contributed by atoms with Gasteiger partial charge in [0.1, 0.15) is 24.7 Å². The van der Waals surface area contributed by atoms with Crippen LogP contribution in [0.4, 0.5) is 16.2 Å². The number of hydrogen-bond acceptors (Lipinski definition) is 11. The topological polar surface area (TPSA) is 139 Å². The van der Waals surface area contributed by atoms with Gasteiger partial charge in [-0.1, -0.05) is 127 Å². The van der Waals surface area contributed by atoms with Crippen LogP contribution in [-0.2, 0) is 30.3 Å². The van der Waals surface area contributed by atoms with E-state index in [4.69, 9.17) is 93.7 Å². The number of nitrogens with zero attached hydrogens (tertiary/aromatic N) is 3. The van der Waals surface area contributed by atoms with Gasteiger partial charge in [0.15, 0.2) is 11.9 Å². The highest BCUT2D eigenvalue weighted by Gasteiger charge is 2.36. The molecule has 0 radical (unpaired) electrons. The van der Waals surface area contributed by atoms with Crippen LogP contribution in [0.2, 0.25) is 20.1 Å². The second-order valence-corrected chi connectivity index (χ2v) is 18.8. The minimum absolute atomic E-state index is 0. The fourth-order valence-corrected chi connectivity index (χ4v) is 9.01. The fraction of sp³-hybridized carbons (Fsp3) is 0.377. The Labute approximate surface area is 453 Å². The molecule has 5 aromatic carbocycles. The SMILES string of the molecule is C.C.CC(Cl)OC(=O)Cl.O=C1CN(Cc2ccccc2)C[C@@H](c2ccc(Cl)cc2)N1c1ccc(OCCOC2CCCCO2)cc1Cl.O=C1CNC[C@@H](c2ccc(Cl)cc2)N1c1ccc(OCCO)cc1Cl. The predicted molar refractivity (Wildman–Crippen MR) is 290 cm³/mol. The van der Waals surface area contributed by atoms with E-state index in [2.05, 4.69) is 27.1 Å². The number of alkyl halides is 1. The Hall–Kier alpha value is -4.35. The number of ether oxygens (including phenoxy) is 5. The van der Waals surface area contributed by atoms with Crippen molar-refractivity contribution in [3.05, 3.63) is 152 Å². The van der Waals surface area contributed by atoms with Gasteiger partial charge in [-0.25, -0.2) is 4.79 Å². The average Bonchev–Trinajstić information content (AvgIpc) is 3.34. The fourth-order valence-electron chi connectivity index (χ4n) is 7.97. The van der Waals surface area contributed by atoms with Crippen LogP contribution in [-0.4, -0.2) is 98.3 Å². The minimum Gasteiger partial charge on any atom is -0.491 e. The summed E-state index contributed by atoms with van der Waals surface area (Å²) < 4.78 is 26.7. The Morgan fingerprint density at radius 2 is 1.32 bits per heavy atom. The van der Waals surface area contributed by atoms with E-state index in [-0.39, 0.29) is 64.8 Å². The Bertz CT molecular complexity index is 2450. The van der Waals surface area contributed by atoms with Gasteiger partial charge in [0.2, 0.25) is 11.8 Å². The summed E-state index contributed by atoms with van der Waals surface area (Å²) in [6, 6.07) is 35.5. The van der Waals surface area contributed by atoms with Crippen LogP contribution in [0.1, 0.15) is 69.8 Å². The maximum Gasteiger partial charge on any atom is 0.405 e. The molecule has 0 aromatic heterocycles. The number of piperazine rings is 2. The summed E-state index contributed by atoms with van der Waals surface area (Å²) >= 11 is 35.2. The van der Waals surface area contributed by atoms with Crippen molar-refractivity contribution in [2.75, 3.05) is 69.0 Å². The molecule has 8 rings (SSSR count). The third-order valence-electron chi connectivity index (χ3n) is 11.1. The van der Waals surface area contributed by atoms with Gasteiger partial charge < -0.3 is 43.9 Å². The van der Waals surface area contributed by atoms with Crippen molar-refractivity contribution in [1.82, 2.24) is 10.2 Å². The lowest BCUT2D eigenvalue weighted by molar-refractivity contribution is -0.165. The van der Waals surface area contributed by atoms with Crippen LogP contribution < -0.4 is 24.6 Å². The molecule has 3 aliphatic rings. The first-order chi connectivity index (χ1) is 33.8. The third-order valence-corrected chi connectivity index (χ3v) is 12.4. The van der Waals surface area contributed by atoms with E-state index in [1.54, 1.807) is 34.1 Å². The van der Waals surface area contributed by atoms with Crippen molar-refractivity contribution >= 4 is 98.2 Å². The largest absolute Gasteiger partial charge is 0.491 e. The van der Waals surface area contributed by atoms with Gasteiger partial charge >= 0.3 is 5.43 Å². The number of carbonyl (C=O) groups excluding carboxylic acids is 3. The van der Waals surface area contributed by atoms with E-state index >= 15 is 0 Å². The second-order valence-electron chi connectivity index (χ2n) is 16.2. The number of hydrogen-bond donors (Lipinski definition) is 2. The minimum atomic E-state index is -0.873. The molecule has 4 atom stereocenters. The Balaban J connectivity index is 0.000000285. The highest BCUT2D eigenvalue weighted by atomic mass is 35.5. The Morgan fingerprint density at radius 3 is 1.83 bits per heavy atom. The highest BCUT2D eigenvalue weighted by Crippen LogP contribution is 2.39. The number of carbonyl (C=O) groups is 3. The van der Waals surface area contributed by atoms with E-state index in [0.29, 0.717) is 82.4 Å². The van der Waals surface area contributed by atoms with Gasteiger partial charge in [0, 0.05) is 60.0 Å². The first kappa shape index (κ1) is 60.2. The lowest BCUT2D eigenvalue weighted by Gasteiger charge is -2.41. The van der Waals surface area contributed by atoms with Crippen molar-refractivity contribution in [2.45, 2.75) is 71.5 Å². The molecule has 3 saturated heterocycles. The molecule has 2 amide bonds. The lowest BCUT2D eigenvalue weighted by Crippen LogP contribution is -2.52. The van der Waals surface area contributed by atoms with Gasteiger partial charge in [0.25, 0.3) is 0 Å². The molecule has 5 aromatic rings. The van der Waals surface area contributed by atoms with Gasteiger partial charge in [0.05, 0.1) is 59.8 Å². The molecule has 19 heteroatoms. The number of benzene rings is 5. The van der Waals surface area contributed by atoms with Gasteiger partial charge in [-0.3, -0.25) is 14.5 Å². The van der Waals surface area contributed by atoms with Crippen LogP contribution in [0.5, 0.6) is 11.5 Å². The molecule has 13 nitrogen and oxygen atoms in total. The number of nitrogens with one attached hydrogen (secondary N) is 1. The van der Waals surface area contributed by atoms with Crippen LogP contribution in [0.3, 0.4) is 0 Å². The second kappa shape index (κ2) is 30.8. The number of anilines is 2. The zero-order chi connectivity index (χ0) is 50.0. The third kappa shape index (κ3) is 18.2. The molecule has 72 heavy (non-hydrogen) atoms. The first-order valence-corrected chi connectivity index (χ1v) is 24.9. The molecule has 0 aliphatic carbocycles. The molecular formula is C53H62Cl6N4O9. The lowest BCUT2D eigenvalue weighted by atomic mass is 10.0. The zero-order valence-electron chi connectivity index (χ0n) is 38.3. The van der Waals surface area contributed by atoms with Crippen molar-refractivity contribution in [1.29, 1.82) is 0 Å². The maximum atomic E-state index is 13.6. The normalized spacial score (nSPS) is 18.2. The number of aliphatic hydroxyl groups excluding tert-OH is 1. The molecule has 3 aliphatic heterocycles. The molecule has 0 spiro atoms. The summed E-state index contributed by atoms with van der Waals surface area (Å²) in [5, 5.41) is 14.2. The van der Waals surface area contributed by atoms with Gasteiger partial charge in [-0.05, 0) is 91.4 Å². The monoisotopic (exact) mass is 1110 g/mol. The van der Waals surface area contributed by atoms with Crippen LogP contribution in [0.25, 0.3) is 0 Å². The summed E-state index contributed by atoms with van der Waals surface area (Å²) in [5.74, 6) is 1.11. The number of rotatable bonds is 15.